The van der Waals surface area contributed by atoms with Gasteiger partial charge in [-0.15, -0.1) is 0 Å². The molecule has 0 fully saturated rings. The van der Waals surface area contributed by atoms with Crippen LogP contribution >= 0.6 is 0 Å². The van der Waals surface area contributed by atoms with Crippen molar-refractivity contribution in [2.75, 3.05) is 24.8 Å². The molecule has 1 aromatic carbocycles. The molecule has 1 aromatic heterocycles. The van der Waals surface area contributed by atoms with Gasteiger partial charge in [0.2, 0.25) is 0 Å². The third kappa shape index (κ3) is 3.89. The smallest absolute Gasteiger partial charge is 0.136 e. The fourth-order valence-corrected chi connectivity index (χ4v) is 1.57. The number of ether oxygens (including phenoxy) is 1. The Labute approximate surface area is 110 Å². The van der Waals surface area contributed by atoms with Crippen molar-refractivity contribution >= 4 is 17.3 Å². The summed E-state index contributed by atoms with van der Waals surface area (Å²) in [4.78, 5) is 8.43. The van der Waals surface area contributed by atoms with Crippen molar-refractivity contribution in [2.45, 2.75) is 6.42 Å². The topological polar surface area (TPSA) is 73.1 Å². The summed E-state index contributed by atoms with van der Waals surface area (Å²) in [6, 6.07) is 7.63. The Morgan fingerprint density at radius 3 is 2.68 bits per heavy atom. The van der Waals surface area contributed by atoms with Crippen molar-refractivity contribution in [1.82, 2.24) is 9.97 Å². The van der Waals surface area contributed by atoms with E-state index in [-0.39, 0.29) is 5.82 Å². The van der Waals surface area contributed by atoms with Crippen molar-refractivity contribution in [3.63, 3.8) is 0 Å². The van der Waals surface area contributed by atoms with E-state index < -0.39 is 0 Å². The standard InChI is InChI=1S/C13H15FN4O/c1-19-7-6-12-17-11(15)8-13(18-12)16-10-4-2-9(14)3-5-10/h2-5,8H,6-7H2,1H3,(H3,15,16,17,18). The van der Waals surface area contributed by atoms with Crippen LogP contribution in [0.1, 0.15) is 5.82 Å². The van der Waals surface area contributed by atoms with Gasteiger partial charge in [-0.05, 0) is 24.3 Å². The first-order chi connectivity index (χ1) is 9.17. The van der Waals surface area contributed by atoms with Gasteiger partial charge < -0.3 is 15.8 Å². The lowest BCUT2D eigenvalue weighted by molar-refractivity contribution is 0.200. The van der Waals surface area contributed by atoms with Crippen LogP contribution < -0.4 is 11.1 Å². The largest absolute Gasteiger partial charge is 0.384 e. The van der Waals surface area contributed by atoms with Gasteiger partial charge in [0, 0.05) is 25.3 Å². The van der Waals surface area contributed by atoms with E-state index in [4.69, 9.17) is 10.5 Å². The first-order valence-electron chi connectivity index (χ1n) is 5.82. The number of nitrogen functional groups attached to an aromatic ring is 1. The number of nitrogens with zero attached hydrogens (tertiary/aromatic N) is 2. The van der Waals surface area contributed by atoms with Crippen LogP contribution in [0.15, 0.2) is 30.3 Å². The molecule has 5 nitrogen and oxygen atoms in total. The highest BCUT2D eigenvalue weighted by molar-refractivity contribution is 5.58. The molecule has 2 aromatic rings. The Hall–Kier alpha value is -2.21. The van der Waals surface area contributed by atoms with E-state index in [1.807, 2.05) is 0 Å². The summed E-state index contributed by atoms with van der Waals surface area (Å²) in [5, 5.41) is 3.05. The SMILES string of the molecule is COCCc1nc(N)cc(Nc2ccc(F)cc2)n1. The molecule has 100 valence electrons. The molecule has 0 aliphatic rings. The second kappa shape index (κ2) is 6.10. The summed E-state index contributed by atoms with van der Waals surface area (Å²) >= 11 is 0. The van der Waals surface area contributed by atoms with Crippen molar-refractivity contribution in [1.29, 1.82) is 0 Å². The van der Waals surface area contributed by atoms with Gasteiger partial charge in [0.05, 0.1) is 6.61 Å². The van der Waals surface area contributed by atoms with Crippen molar-refractivity contribution in [3.8, 4) is 0 Å². The van der Waals surface area contributed by atoms with Crippen LogP contribution in [0.4, 0.5) is 21.7 Å². The third-order valence-corrected chi connectivity index (χ3v) is 2.44. The molecule has 0 spiro atoms. The normalized spacial score (nSPS) is 10.4. The van der Waals surface area contributed by atoms with Crippen LogP contribution in [-0.2, 0) is 11.2 Å². The van der Waals surface area contributed by atoms with Crippen LogP contribution in [0.2, 0.25) is 0 Å². The van der Waals surface area contributed by atoms with Crippen LogP contribution in [0.3, 0.4) is 0 Å². The van der Waals surface area contributed by atoms with Crippen molar-refractivity contribution in [3.05, 3.63) is 42.0 Å². The van der Waals surface area contributed by atoms with Gasteiger partial charge in [0.15, 0.2) is 0 Å². The maximum atomic E-state index is 12.8. The average molecular weight is 262 g/mol. The number of anilines is 3. The number of hydrogen-bond donors (Lipinski definition) is 2. The molecule has 0 amide bonds. The lowest BCUT2D eigenvalue weighted by Gasteiger charge is -2.08. The molecule has 0 saturated carbocycles. The molecule has 0 aliphatic heterocycles. The number of hydrogen-bond acceptors (Lipinski definition) is 5. The lowest BCUT2D eigenvalue weighted by atomic mass is 10.3. The van der Waals surface area contributed by atoms with Gasteiger partial charge in [-0.25, -0.2) is 14.4 Å². The van der Waals surface area contributed by atoms with E-state index in [9.17, 15) is 4.39 Å². The number of benzene rings is 1. The maximum absolute atomic E-state index is 12.8. The quantitative estimate of drug-likeness (QED) is 0.863. The molecule has 0 radical (unpaired) electrons. The van der Waals surface area contributed by atoms with Gasteiger partial charge >= 0.3 is 0 Å². The highest BCUT2D eigenvalue weighted by atomic mass is 19.1. The van der Waals surface area contributed by atoms with E-state index in [2.05, 4.69) is 15.3 Å². The fourth-order valence-electron chi connectivity index (χ4n) is 1.57. The first-order valence-corrected chi connectivity index (χ1v) is 5.82. The molecular weight excluding hydrogens is 247 g/mol. The zero-order valence-corrected chi connectivity index (χ0v) is 10.6. The van der Waals surface area contributed by atoms with Crippen LogP contribution in [-0.4, -0.2) is 23.7 Å². The minimum Gasteiger partial charge on any atom is -0.384 e. The van der Waals surface area contributed by atoms with E-state index in [0.717, 1.165) is 5.69 Å². The molecule has 0 atom stereocenters. The number of aromatic nitrogens is 2. The number of methoxy groups -OCH3 is 1. The van der Waals surface area contributed by atoms with Gasteiger partial charge in [0.1, 0.15) is 23.3 Å². The molecule has 0 aliphatic carbocycles. The molecule has 3 N–H and O–H groups in total. The Bertz CT molecular complexity index is 545. The van der Waals surface area contributed by atoms with Crippen molar-refractivity contribution < 1.29 is 9.13 Å². The summed E-state index contributed by atoms with van der Waals surface area (Å²) in [5.41, 5.74) is 6.45. The molecule has 19 heavy (non-hydrogen) atoms. The molecule has 1 heterocycles. The van der Waals surface area contributed by atoms with Gasteiger partial charge in [-0.2, -0.15) is 0 Å². The van der Waals surface area contributed by atoms with E-state index in [1.165, 1.54) is 12.1 Å². The Balaban J connectivity index is 2.15. The molecule has 0 saturated heterocycles. The highest BCUT2D eigenvalue weighted by Crippen LogP contribution is 2.16. The minimum absolute atomic E-state index is 0.284. The van der Waals surface area contributed by atoms with Gasteiger partial charge in [-0.3, -0.25) is 0 Å². The summed E-state index contributed by atoms with van der Waals surface area (Å²) in [6.07, 6.45) is 0.583. The molecule has 0 bridgehead atoms. The van der Waals surface area contributed by atoms with Crippen molar-refractivity contribution in [2.24, 2.45) is 0 Å². The van der Waals surface area contributed by atoms with Crippen LogP contribution in [0.25, 0.3) is 0 Å². The van der Waals surface area contributed by atoms with E-state index in [1.54, 1.807) is 25.3 Å². The number of nitrogens with two attached hydrogens (primary N) is 1. The predicted octanol–water partition coefficient (Wildman–Crippen LogP) is 2.13. The molecule has 6 heteroatoms. The highest BCUT2D eigenvalue weighted by Gasteiger charge is 2.03. The number of halogens is 1. The number of rotatable bonds is 5. The lowest BCUT2D eigenvalue weighted by Crippen LogP contribution is -2.06. The van der Waals surface area contributed by atoms with Crippen LogP contribution in [0.5, 0.6) is 0 Å². The molecular formula is C13H15FN4O. The Morgan fingerprint density at radius 2 is 2.00 bits per heavy atom. The van der Waals surface area contributed by atoms with Crippen LogP contribution in [0, 0.1) is 5.82 Å². The average Bonchev–Trinajstić information content (AvgIpc) is 2.38. The summed E-state index contributed by atoms with van der Waals surface area (Å²) in [7, 11) is 1.62. The maximum Gasteiger partial charge on any atom is 0.136 e. The van der Waals surface area contributed by atoms with E-state index >= 15 is 0 Å². The second-order valence-electron chi connectivity index (χ2n) is 3.97. The Morgan fingerprint density at radius 1 is 1.26 bits per heavy atom. The van der Waals surface area contributed by atoms with E-state index in [0.29, 0.717) is 30.5 Å². The molecule has 0 unspecified atom stereocenters. The van der Waals surface area contributed by atoms with Gasteiger partial charge in [-0.1, -0.05) is 0 Å². The molecule has 2 rings (SSSR count). The zero-order chi connectivity index (χ0) is 13.7. The number of nitrogens with one attached hydrogen (secondary N) is 1. The third-order valence-electron chi connectivity index (χ3n) is 2.44. The summed E-state index contributed by atoms with van der Waals surface area (Å²) in [6.45, 7) is 0.527. The zero-order valence-electron chi connectivity index (χ0n) is 10.6. The summed E-state index contributed by atoms with van der Waals surface area (Å²) < 4.78 is 17.8. The Kier molecular flexibility index (Phi) is 4.25. The summed E-state index contributed by atoms with van der Waals surface area (Å²) in [5.74, 6) is 1.27. The predicted molar refractivity (Wildman–Crippen MR) is 71.7 cm³/mol. The van der Waals surface area contributed by atoms with Gasteiger partial charge in [0.25, 0.3) is 0 Å². The first kappa shape index (κ1) is 13.2. The monoisotopic (exact) mass is 262 g/mol. The fraction of sp³-hybridized carbons (Fsp3) is 0.231. The minimum atomic E-state index is -0.284. The second-order valence-corrected chi connectivity index (χ2v) is 3.97.